The Morgan fingerprint density at radius 1 is 1.29 bits per heavy atom. The number of nitrogens with zero attached hydrogens (tertiary/aromatic N) is 1. The highest BCUT2D eigenvalue weighted by Crippen LogP contribution is 2.32. The number of ether oxygens (including phenoxy) is 1. The Kier molecular flexibility index (Phi) is 4.68. The number of nitriles is 1. The van der Waals surface area contributed by atoms with Crippen molar-refractivity contribution < 1.29 is 14.3 Å². The van der Waals surface area contributed by atoms with E-state index in [1.54, 1.807) is 36.4 Å². The minimum absolute atomic E-state index is 0.0233. The van der Waals surface area contributed by atoms with Gasteiger partial charge in [0.2, 0.25) is 5.91 Å². The van der Waals surface area contributed by atoms with Gasteiger partial charge in [0.05, 0.1) is 11.4 Å². The zero-order valence-corrected chi connectivity index (χ0v) is 13.4. The molecular weight excluding hydrogens is 326 g/mol. The van der Waals surface area contributed by atoms with Gasteiger partial charge in [-0.2, -0.15) is 5.26 Å². The van der Waals surface area contributed by atoms with Crippen molar-refractivity contribution in [1.29, 1.82) is 5.26 Å². The Morgan fingerprint density at radius 3 is 2.83 bits per heavy atom. The fourth-order valence-electron chi connectivity index (χ4n) is 2.18. The van der Waals surface area contributed by atoms with Gasteiger partial charge in [0, 0.05) is 16.1 Å². The van der Waals surface area contributed by atoms with Gasteiger partial charge < -0.3 is 15.4 Å². The number of fused-ring (bicyclic) bond motifs is 1. The van der Waals surface area contributed by atoms with Gasteiger partial charge in [-0.25, -0.2) is 0 Å². The van der Waals surface area contributed by atoms with Crippen LogP contribution < -0.4 is 15.4 Å². The molecule has 0 unspecified atom stereocenters. The van der Waals surface area contributed by atoms with Gasteiger partial charge in [-0.15, -0.1) is 11.8 Å². The van der Waals surface area contributed by atoms with Crippen LogP contribution in [0.5, 0.6) is 5.75 Å². The van der Waals surface area contributed by atoms with Gasteiger partial charge in [-0.1, -0.05) is 0 Å². The van der Waals surface area contributed by atoms with Crippen LogP contribution in [0.1, 0.15) is 10.4 Å². The third-order valence-corrected chi connectivity index (χ3v) is 4.36. The number of carbonyl (C=O) groups excluding carboxylic acids is 2. The van der Waals surface area contributed by atoms with Crippen LogP contribution in [0, 0.1) is 11.3 Å². The van der Waals surface area contributed by atoms with Crippen LogP contribution in [-0.4, -0.2) is 24.2 Å². The molecular formula is C17H13N3O3S. The van der Waals surface area contributed by atoms with E-state index in [2.05, 4.69) is 10.6 Å². The summed E-state index contributed by atoms with van der Waals surface area (Å²) < 4.78 is 5.16. The molecule has 0 aromatic heterocycles. The van der Waals surface area contributed by atoms with E-state index in [1.807, 2.05) is 12.1 Å². The zero-order valence-electron chi connectivity index (χ0n) is 12.5. The molecule has 6 nitrogen and oxygen atoms in total. The fraction of sp³-hybridized carbons (Fsp3) is 0.118. The summed E-state index contributed by atoms with van der Waals surface area (Å²) in [6.07, 6.45) is 0. The van der Waals surface area contributed by atoms with Crippen molar-refractivity contribution in [2.45, 2.75) is 4.90 Å². The lowest BCUT2D eigenvalue weighted by atomic mass is 10.1. The number of amides is 2. The summed E-state index contributed by atoms with van der Waals surface area (Å²) in [7, 11) is 0. The van der Waals surface area contributed by atoms with E-state index < -0.39 is 0 Å². The van der Waals surface area contributed by atoms with E-state index in [4.69, 9.17) is 10.00 Å². The molecule has 0 saturated carbocycles. The SMILES string of the molecule is N#CCOc1ccc(NC(=O)c2ccc3c(c2)NC(=O)CS3)cc1. The number of carbonyl (C=O) groups is 2. The largest absolute Gasteiger partial charge is 0.479 e. The van der Waals surface area contributed by atoms with E-state index >= 15 is 0 Å². The van der Waals surface area contributed by atoms with Crippen molar-refractivity contribution in [3.8, 4) is 11.8 Å². The smallest absolute Gasteiger partial charge is 0.255 e. The van der Waals surface area contributed by atoms with E-state index in [1.165, 1.54) is 11.8 Å². The van der Waals surface area contributed by atoms with Crippen LogP contribution in [0.15, 0.2) is 47.4 Å². The molecule has 24 heavy (non-hydrogen) atoms. The third kappa shape index (κ3) is 3.67. The fourth-order valence-corrected chi connectivity index (χ4v) is 2.97. The lowest BCUT2D eigenvalue weighted by Gasteiger charge is -2.17. The highest BCUT2D eigenvalue weighted by atomic mass is 32.2. The number of hydrogen-bond acceptors (Lipinski definition) is 5. The molecule has 3 rings (SSSR count). The summed E-state index contributed by atoms with van der Waals surface area (Å²) in [6, 6.07) is 13.9. The molecule has 2 aromatic carbocycles. The Morgan fingerprint density at radius 2 is 2.08 bits per heavy atom. The average molecular weight is 339 g/mol. The van der Waals surface area contributed by atoms with Crippen LogP contribution >= 0.6 is 11.8 Å². The quantitative estimate of drug-likeness (QED) is 0.894. The molecule has 7 heteroatoms. The van der Waals surface area contributed by atoms with Gasteiger partial charge in [-0.05, 0) is 42.5 Å². The average Bonchev–Trinajstić information content (AvgIpc) is 2.60. The molecule has 1 aliphatic rings. The molecule has 0 radical (unpaired) electrons. The normalized spacial score (nSPS) is 12.5. The minimum atomic E-state index is -0.270. The van der Waals surface area contributed by atoms with E-state index in [0.29, 0.717) is 28.4 Å². The maximum atomic E-state index is 12.3. The van der Waals surface area contributed by atoms with Crippen LogP contribution in [0.3, 0.4) is 0 Å². The number of rotatable bonds is 4. The molecule has 1 heterocycles. The van der Waals surface area contributed by atoms with Gasteiger partial charge in [-0.3, -0.25) is 9.59 Å². The number of nitrogens with one attached hydrogen (secondary N) is 2. The van der Waals surface area contributed by atoms with Gasteiger partial charge >= 0.3 is 0 Å². The molecule has 0 atom stereocenters. The molecule has 0 spiro atoms. The van der Waals surface area contributed by atoms with E-state index in [9.17, 15) is 9.59 Å². The first-order valence-electron chi connectivity index (χ1n) is 7.13. The van der Waals surface area contributed by atoms with E-state index in [0.717, 1.165) is 4.90 Å². The third-order valence-electron chi connectivity index (χ3n) is 3.29. The molecule has 2 amide bonds. The summed E-state index contributed by atoms with van der Waals surface area (Å²) in [5.41, 5.74) is 1.73. The van der Waals surface area contributed by atoms with Gasteiger partial charge in [0.25, 0.3) is 5.91 Å². The standard InChI is InChI=1S/C17H13N3O3S/c18-7-8-23-13-4-2-12(3-5-13)19-17(22)11-1-6-15-14(9-11)20-16(21)10-24-15/h1-6,9H,8,10H2,(H,19,22)(H,20,21). The van der Waals surface area contributed by atoms with Crippen LogP contribution in [-0.2, 0) is 4.79 Å². The van der Waals surface area contributed by atoms with Gasteiger partial charge in [0.1, 0.15) is 11.8 Å². The van der Waals surface area contributed by atoms with Crippen molar-refractivity contribution in [2.75, 3.05) is 23.0 Å². The second-order valence-corrected chi connectivity index (χ2v) is 5.99. The molecule has 0 aliphatic carbocycles. The summed E-state index contributed by atoms with van der Waals surface area (Å²) in [4.78, 5) is 24.7. The predicted molar refractivity (Wildman–Crippen MR) is 91.3 cm³/mol. The van der Waals surface area contributed by atoms with Crippen LogP contribution in [0.25, 0.3) is 0 Å². The van der Waals surface area contributed by atoms with E-state index in [-0.39, 0.29) is 18.4 Å². The molecule has 1 aliphatic heterocycles. The first kappa shape index (κ1) is 15.9. The first-order valence-corrected chi connectivity index (χ1v) is 8.12. The lowest BCUT2D eigenvalue weighted by Crippen LogP contribution is -2.19. The molecule has 0 fully saturated rings. The van der Waals surface area contributed by atoms with Crippen molar-refractivity contribution in [3.63, 3.8) is 0 Å². The highest BCUT2D eigenvalue weighted by Gasteiger charge is 2.17. The van der Waals surface area contributed by atoms with Crippen LogP contribution in [0.4, 0.5) is 11.4 Å². The Hall–Kier alpha value is -2.98. The summed E-state index contributed by atoms with van der Waals surface area (Å²) in [5, 5.41) is 14.0. The molecule has 120 valence electrons. The molecule has 0 saturated heterocycles. The van der Waals surface area contributed by atoms with Crippen molar-refractivity contribution in [1.82, 2.24) is 0 Å². The Labute approximate surface area is 142 Å². The number of anilines is 2. The number of hydrogen-bond donors (Lipinski definition) is 2. The maximum Gasteiger partial charge on any atom is 0.255 e. The number of benzene rings is 2. The lowest BCUT2D eigenvalue weighted by molar-refractivity contribution is -0.113. The second-order valence-electron chi connectivity index (χ2n) is 4.97. The topological polar surface area (TPSA) is 91.2 Å². The van der Waals surface area contributed by atoms with Crippen molar-refractivity contribution in [3.05, 3.63) is 48.0 Å². The molecule has 0 bridgehead atoms. The predicted octanol–water partition coefficient (Wildman–Crippen LogP) is 2.89. The first-order chi connectivity index (χ1) is 11.7. The molecule has 2 N–H and O–H groups in total. The summed E-state index contributed by atoms with van der Waals surface area (Å²) in [5.74, 6) is 0.605. The molecule has 2 aromatic rings. The van der Waals surface area contributed by atoms with Crippen LogP contribution in [0.2, 0.25) is 0 Å². The zero-order chi connectivity index (χ0) is 16.9. The maximum absolute atomic E-state index is 12.3. The van der Waals surface area contributed by atoms with Gasteiger partial charge in [0.15, 0.2) is 6.61 Å². The minimum Gasteiger partial charge on any atom is -0.479 e. The summed E-state index contributed by atoms with van der Waals surface area (Å²) in [6.45, 7) is -0.0233. The Balaban J connectivity index is 1.70. The summed E-state index contributed by atoms with van der Waals surface area (Å²) >= 11 is 1.45. The monoisotopic (exact) mass is 339 g/mol. The number of thioether (sulfide) groups is 1. The van der Waals surface area contributed by atoms with Crippen molar-refractivity contribution >= 4 is 35.0 Å². The highest BCUT2D eigenvalue weighted by molar-refractivity contribution is 8.00. The second kappa shape index (κ2) is 7.06. The van der Waals surface area contributed by atoms with Crippen molar-refractivity contribution in [2.24, 2.45) is 0 Å². The Bertz CT molecular complexity index is 828.